The number of carbonyl (C=O) groups excluding carboxylic acids is 1. The number of hydrogen-bond acceptors (Lipinski definition) is 3. The first-order valence-electron chi connectivity index (χ1n) is 6.78. The fraction of sp³-hybridized carbons (Fsp3) is 0.188. The quantitative estimate of drug-likeness (QED) is 0.738. The average Bonchev–Trinajstić information content (AvgIpc) is 2.44. The summed E-state index contributed by atoms with van der Waals surface area (Å²) in [7, 11) is 0. The lowest BCUT2D eigenvalue weighted by atomic mass is 10.0. The molecule has 2 aromatic carbocycles. The van der Waals surface area contributed by atoms with Gasteiger partial charge in [0.05, 0.1) is 11.4 Å². The van der Waals surface area contributed by atoms with Crippen LogP contribution in [0.15, 0.2) is 30.3 Å². The standard InChI is InChI=1S/C16H16ClN3O/c1-9-2-4-11(7-12(9)17)19-15-6-10-3-5-16(21)20-14(10)8-13(15)18/h2,4,6-8,19H,3,5,18H2,1H3,(H,20,21). The van der Waals surface area contributed by atoms with Gasteiger partial charge in [-0.15, -0.1) is 0 Å². The minimum absolute atomic E-state index is 0.0351. The largest absolute Gasteiger partial charge is 0.397 e. The Morgan fingerprint density at radius 2 is 2.05 bits per heavy atom. The van der Waals surface area contributed by atoms with Crippen LogP contribution >= 0.6 is 11.6 Å². The molecule has 0 spiro atoms. The Bertz CT molecular complexity index is 728. The molecule has 5 heteroatoms. The lowest BCUT2D eigenvalue weighted by Crippen LogP contribution is -2.19. The molecule has 0 radical (unpaired) electrons. The number of halogens is 1. The van der Waals surface area contributed by atoms with Gasteiger partial charge in [-0.25, -0.2) is 0 Å². The zero-order valence-corrected chi connectivity index (χ0v) is 12.4. The van der Waals surface area contributed by atoms with Gasteiger partial charge >= 0.3 is 0 Å². The summed E-state index contributed by atoms with van der Waals surface area (Å²) in [4.78, 5) is 11.4. The van der Waals surface area contributed by atoms with Crippen LogP contribution in [0.5, 0.6) is 0 Å². The van der Waals surface area contributed by atoms with Gasteiger partial charge in [0.15, 0.2) is 0 Å². The maximum absolute atomic E-state index is 11.4. The smallest absolute Gasteiger partial charge is 0.224 e. The highest BCUT2D eigenvalue weighted by Crippen LogP contribution is 2.33. The normalized spacial score (nSPS) is 13.5. The van der Waals surface area contributed by atoms with Crippen molar-refractivity contribution in [1.29, 1.82) is 0 Å². The van der Waals surface area contributed by atoms with Crippen molar-refractivity contribution in [3.63, 3.8) is 0 Å². The third-order valence-electron chi connectivity index (χ3n) is 3.62. The molecule has 0 saturated heterocycles. The zero-order chi connectivity index (χ0) is 15.0. The van der Waals surface area contributed by atoms with E-state index < -0.39 is 0 Å². The average molecular weight is 302 g/mol. The van der Waals surface area contributed by atoms with Crippen LogP contribution in [0.4, 0.5) is 22.7 Å². The Morgan fingerprint density at radius 3 is 2.81 bits per heavy atom. The lowest BCUT2D eigenvalue weighted by Gasteiger charge is -2.20. The highest BCUT2D eigenvalue weighted by atomic mass is 35.5. The molecule has 0 fully saturated rings. The SMILES string of the molecule is Cc1ccc(Nc2cc3c(cc2N)NC(=O)CC3)cc1Cl. The van der Waals surface area contributed by atoms with Crippen molar-refractivity contribution < 1.29 is 4.79 Å². The number of amides is 1. The molecule has 0 bridgehead atoms. The Balaban J connectivity index is 1.92. The van der Waals surface area contributed by atoms with E-state index in [-0.39, 0.29) is 5.91 Å². The Hall–Kier alpha value is -2.20. The van der Waals surface area contributed by atoms with E-state index in [1.165, 1.54) is 0 Å². The molecule has 1 amide bonds. The van der Waals surface area contributed by atoms with E-state index in [4.69, 9.17) is 17.3 Å². The van der Waals surface area contributed by atoms with Gasteiger partial charge in [-0.1, -0.05) is 17.7 Å². The number of rotatable bonds is 2. The number of nitrogen functional groups attached to an aromatic ring is 1. The molecule has 0 aromatic heterocycles. The molecule has 1 aliphatic rings. The fourth-order valence-electron chi connectivity index (χ4n) is 2.38. The molecule has 4 nitrogen and oxygen atoms in total. The van der Waals surface area contributed by atoms with Crippen LogP contribution < -0.4 is 16.4 Å². The number of hydrogen-bond donors (Lipinski definition) is 3. The summed E-state index contributed by atoms with van der Waals surface area (Å²) in [5.74, 6) is 0.0351. The molecule has 1 aliphatic heterocycles. The van der Waals surface area contributed by atoms with E-state index in [0.717, 1.165) is 34.6 Å². The molecule has 1 heterocycles. The minimum atomic E-state index is 0.0351. The zero-order valence-electron chi connectivity index (χ0n) is 11.7. The van der Waals surface area contributed by atoms with Crippen LogP contribution in [-0.4, -0.2) is 5.91 Å². The topological polar surface area (TPSA) is 67.2 Å². The lowest BCUT2D eigenvalue weighted by molar-refractivity contribution is -0.116. The summed E-state index contributed by atoms with van der Waals surface area (Å²) < 4.78 is 0. The second-order valence-electron chi connectivity index (χ2n) is 5.23. The van der Waals surface area contributed by atoms with Crippen molar-refractivity contribution in [2.75, 3.05) is 16.4 Å². The van der Waals surface area contributed by atoms with Crippen LogP contribution in [0.1, 0.15) is 17.5 Å². The van der Waals surface area contributed by atoms with Crippen molar-refractivity contribution >= 4 is 40.3 Å². The summed E-state index contributed by atoms with van der Waals surface area (Å²) in [5.41, 5.74) is 11.3. The first kappa shape index (κ1) is 13.8. The fourth-order valence-corrected chi connectivity index (χ4v) is 2.56. The minimum Gasteiger partial charge on any atom is -0.397 e. The van der Waals surface area contributed by atoms with Gasteiger partial charge in [0.25, 0.3) is 0 Å². The van der Waals surface area contributed by atoms with Crippen molar-refractivity contribution in [2.24, 2.45) is 0 Å². The highest BCUT2D eigenvalue weighted by molar-refractivity contribution is 6.31. The number of fused-ring (bicyclic) bond motifs is 1. The monoisotopic (exact) mass is 301 g/mol. The van der Waals surface area contributed by atoms with Gasteiger partial charge in [-0.05, 0) is 48.7 Å². The molecular formula is C16H16ClN3O. The third-order valence-corrected chi connectivity index (χ3v) is 4.03. The number of carbonyl (C=O) groups is 1. The van der Waals surface area contributed by atoms with Gasteiger partial charge < -0.3 is 16.4 Å². The molecule has 0 atom stereocenters. The maximum Gasteiger partial charge on any atom is 0.224 e. The van der Waals surface area contributed by atoms with Crippen LogP contribution in [-0.2, 0) is 11.2 Å². The van der Waals surface area contributed by atoms with Gasteiger partial charge in [0.1, 0.15) is 0 Å². The van der Waals surface area contributed by atoms with Crippen LogP contribution in [0.3, 0.4) is 0 Å². The molecule has 4 N–H and O–H groups in total. The molecule has 3 rings (SSSR count). The summed E-state index contributed by atoms with van der Waals surface area (Å²) in [6.07, 6.45) is 1.23. The number of nitrogens with two attached hydrogens (primary N) is 1. The summed E-state index contributed by atoms with van der Waals surface area (Å²) in [6.45, 7) is 1.96. The van der Waals surface area contributed by atoms with Gasteiger partial charge in [-0.3, -0.25) is 4.79 Å². The second kappa shape index (κ2) is 5.30. The first-order chi connectivity index (χ1) is 10.0. The van der Waals surface area contributed by atoms with Gasteiger partial charge in [0.2, 0.25) is 5.91 Å². The highest BCUT2D eigenvalue weighted by Gasteiger charge is 2.16. The molecular weight excluding hydrogens is 286 g/mol. The number of nitrogens with one attached hydrogen (secondary N) is 2. The Kier molecular flexibility index (Phi) is 3.47. The third kappa shape index (κ3) is 2.81. The van der Waals surface area contributed by atoms with Gasteiger partial charge in [0, 0.05) is 22.8 Å². The number of anilines is 4. The van der Waals surface area contributed by atoms with Crippen molar-refractivity contribution in [3.8, 4) is 0 Å². The van der Waals surface area contributed by atoms with E-state index >= 15 is 0 Å². The predicted molar refractivity (Wildman–Crippen MR) is 87.3 cm³/mol. The molecule has 2 aromatic rings. The maximum atomic E-state index is 11.4. The van der Waals surface area contributed by atoms with Crippen LogP contribution in [0, 0.1) is 6.92 Å². The van der Waals surface area contributed by atoms with Gasteiger partial charge in [-0.2, -0.15) is 0 Å². The van der Waals surface area contributed by atoms with E-state index in [1.54, 1.807) is 6.07 Å². The first-order valence-corrected chi connectivity index (χ1v) is 7.16. The van der Waals surface area contributed by atoms with E-state index in [0.29, 0.717) is 17.1 Å². The second-order valence-corrected chi connectivity index (χ2v) is 5.64. The summed E-state index contributed by atoms with van der Waals surface area (Å²) in [5, 5.41) is 6.83. The Labute approximate surface area is 128 Å². The van der Waals surface area contributed by atoms with Crippen molar-refractivity contribution in [2.45, 2.75) is 19.8 Å². The number of aryl methyl sites for hydroxylation is 2. The number of benzene rings is 2. The van der Waals surface area contributed by atoms with E-state index in [2.05, 4.69) is 10.6 Å². The summed E-state index contributed by atoms with van der Waals surface area (Å²) in [6, 6.07) is 9.57. The molecule has 0 saturated carbocycles. The van der Waals surface area contributed by atoms with Crippen LogP contribution in [0.2, 0.25) is 5.02 Å². The van der Waals surface area contributed by atoms with Crippen LogP contribution in [0.25, 0.3) is 0 Å². The molecule has 0 unspecified atom stereocenters. The van der Waals surface area contributed by atoms with Crippen molar-refractivity contribution in [3.05, 3.63) is 46.5 Å². The summed E-state index contributed by atoms with van der Waals surface area (Å²) >= 11 is 6.13. The molecule has 108 valence electrons. The molecule has 0 aliphatic carbocycles. The van der Waals surface area contributed by atoms with E-state index in [9.17, 15) is 4.79 Å². The van der Waals surface area contributed by atoms with E-state index in [1.807, 2.05) is 31.2 Å². The Morgan fingerprint density at radius 1 is 1.24 bits per heavy atom. The predicted octanol–water partition coefficient (Wildman–Crippen LogP) is 3.86. The van der Waals surface area contributed by atoms with Crippen molar-refractivity contribution in [1.82, 2.24) is 0 Å². The molecule has 21 heavy (non-hydrogen) atoms.